The fraction of sp³-hybridized carbons (Fsp3) is 0.292. The van der Waals surface area contributed by atoms with E-state index in [4.69, 9.17) is 10.2 Å². The summed E-state index contributed by atoms with van der Waals surface area (Å²) in [6, 6.07) is 20.3. The molecule has 0 bridgehead atoms. The number of nitrogens with zero attached hydrogens (tertiary/aromatic N) is 2. The van der Waals surface area contributed by atoms with E-state index in [0.29, 0.717) is 24.8 Å². The fourth-order valence-electron chi connectivity index (χ4n) is 3.71. The molecule has 0 fully saturated rings. The summed E-state index contributed by atoms with van der Waals surface area (Å²) >= 11 is 0. The van der Waals surface area contributed by atoms with Crippen LogP contribution in [0.2, 0.25) is 0 Å². The molecule has 0 aliphatic heterocycles. The lowest BCUT2D eigenvalue weighted by molar-refractivity contribution is -0.648. The lowest BCUT2D eigenvalue weighted by Crippen LogP contribution is -2.37. The van der Waals surface area contributed by atoms with Crippen molar-refractivity contribution in [1.82, 2.24) is 4.57 Å². The van der Waals surface area contributed by atoms with Gasteiger partial charge in [-0.2, -0.15) is 0 Å². The molecule has 2 aromatic heterocycles. The van der Waals surface area contributed by atoms with Crippen LogP contribution in [-0.4, -0.2) is 9.67 Å². The first kappa shape index (κ1) is 19.3. The number of anilines is 1. The van der Waals surface area contributed by atoms with E-state index in [9.17, 15) is 5.11 Å². The summed E-state index contributed by atoms with van der Waals surface area (Å²) in [5, 5.41) is 10.6. The smallest absolute Gasteiger partial charge is 0.356 e. The van der Waals surface area contributed by atoms with Gasteiger partial charge in [0.05, 0.1) is 12.8 Å². The molecule has 5 nitrogen and oxygen atoms in total. The van der Waals surface area contributed by atoms with Crippen molar-refractivity contribution in [3.63, 3.8) is 0 Å². The predicted molar refractivity (Wildman–Crippen MR) is 114 cm³/mol. The van der Waals surface area contributed by atoms with E-state index in [0.717, 1.165) is 11.0 Å². The second kappa shape index (κ2) is 7.41. The molecule has 2 heterocycles. The largest absolute Gasteiger partial charge is 0.466 e. The molecule has 4 aromatic rings. The van der Waals surface area contributed by atoms with Gasteiger partial charge in [0, 0.05) is 0 Å². The number of hydrogen-bond acceptors (Lipinski definition) is 3. The zero-order valence-corrected chi connectivity index (χ0v) is 17.2. The van der Waals surface area contributed by atoms with E-state index in [1.807, 2.05) is 22.8 Å². The zero-order chi connectivity index (χ0) is 20.6. The number of para-hydroxylation sites is 2. The monoisotopic (exact) mass is 390 g/mol. The highest BCUT2D eigenvalue weighted by atomic mass is 16.4. The molecule has 0 spiro atoms. The number of furan rings is 1. The highest BCUT2D eigenvalue weighted by Crippen LogP contribution is 2.24. The molecule has 2 aromatic carbocycles. The molecule has 29 heavy (non-hydrogen) atoms. The Morgan fingerprint density at radius 2 is 1.76 bits per heavy atom. The fourth-order valence-corrected chi connectivity index (χ4v) is 3.71. The first-order chi connectivity index (χ1) is 13.8. The van der Waals surface area contributed by atoms with Crippen LogP contribution in [0.4, 0.5) is 5.95 Å². The van der Waals surface area contributed by atoms with Gasteiger partial charge < -0.3 is 9.52 Å². The van der Waals surface area contributed by atoms with Gasteiger partial charge in [-0.1, -0.05) is 57.2 Å². The van der Waals surface area contributed by atoms with Crippen molar-refractivity contribution in [2.24, 2.45) is 0 Å². The molecule has 0 saturated carbocycles. The molecular formula is C24H28N3O2+. The maximum absolute atomic E-state index is 10.6. The Kier molecular flexibility index (Phi) is 4.92. The van der Waals surface area contributed by atoms with Crippen molar-refractivity contribution >= 4 is 17.0 Å². The van der Waals surface area contributed by atoms with Crippen LogP contribution in [0, 0.1) is 0 Å². The van der Waals surface area contributed by atoms with E-state index in [2.05, 4.69) is 55.7 Å². The van der Waals surface area contributed by atoms with Crippen LogP contribution < -0.4 is 10.3 Å². The lowest BCUT2D eigenvalue weighted by atomic mass is 9.87. The van der Waals surface area contributed by atoms with Crippen LogP contribution in [0.3, 0.4) is 0 Å². The van der Waals surface area contributed by atoms with Crippen LogP contribution in [-0.2, 0) is 18.5 Å². The summed E-state index contributed by atoms with van der Waals surface area (Å²) in [6.07, 6.45) is 0.805. The molecule has 3 N–H and O–H groups in total. The van der Waals surface area contributed by atoms with Crippen molar-refractivity contribution in [2.75, 3.05) is 5.73 Å². The van der Waals surface area contributed by atoms with Gasteiger partial charge in [0.25, 0.3) is 0 Å². The average Bonchev–Trinajstić information content (AvgIpc) is 3.31. The Bertz CT molecular complexity index is 1100. The Morgan fingerprint density at radius 1 is 1.03 bits per heavy atom. The van der Waals surface area contributed by atoms with Crippen molar-refractivity contribution in [3.05, 3.63) is 83.8 Å². The van der Waals surface area contributed by atoms with Crippen molar-refractivity contribution in [3.8, 4) is 0 Å². The molecule has 0 unspecified atom stereocenters. The van der Waals surface area contributed by atoms with Crippen LogP contribution in [0.1, 0.15) is 43.8 Å². The quantitative estimate of drug-likeness (QED) is 0.502. The first-order valence-electron chi connectivity index (χ1n) is 9.92. The zero-order valence-electron chi connectivity index (χ0n) is 17.2. The van der Waals surface area contributed by atoms with Gasteiger partial charge in [-0.15, -0.1) is 0 Å². The van der Waals surface area contributed by atoms with E-state index >= 15 is 0 Å². The Hall–Kier alpha value is -3.05. The molecule has 4 rings (SSSR count). The van der Waals surface area contributed by atoms with E-state index < -0.39 is 6.10 Å². The van der Waals surface area contributed by atoms with Gasteiger partial charge in [0.15, 0.2) is 0 Å². The second-order valence-corrected chi connectivity index (χ2v) is 8.52. The molecule has 150 valence electrons. The predicted octanol–water partition coefficient (Wildman–Crippen LogP) is 4.18. The number of aliphatic hydroxyl groups is 1. The third-order valence-corrected chi connectivity index (χ3v) is 5.40. The third-order valence-electron chi connectivity index (χ3n) is 5.40. The normalized spacial score (nSPS) is 13.1. The number of nitrogens with two attached hydrogens (primary N) is 1. The van der Waals surface area contributed by atoms with E-state index in [-0.39, 0.29) is 5.41 Å². The van der Waals surface area contributed by atoms with Crippen LogP contribution in [0.15, 0.2) is 71.3 Å². The van der Waals surface area contributed by atoms with E-state index in [1.54, 1.807) is 18.4 Å². The van der Waals surface area contributed by atoms with Gasteiger partial charge >= 0.3 is 5.95 Å². The van der Waals surface area contributed by atoms with Gasteiger partial charge in [0.1, 0.15) is 29.4 Å². The maximum atomic E-state index is 10.6. The SMILES string of the molecule is CC(C)(C)c1ccc(C[n+]2c(N)n(C[C@H](O)c3ccco3)c3ccccc32)cc1. The molecule has 0 saturated heterocycles. The molecule has 1 atom stereocenters. The molecular weight excluding hydrogens is 362 g/mol. The third kappa shape index (κ3) is 3.78. The van der Waals surface area contributed by atoms with Gasteiger partial charge in [-0.25, -0.2) is 9.13 Å². The van der Waals surface area contributed by atoms with Crippen LogP contribution in [0.25, 0.3) is 11.0 Å². The molecule has 0 aliphatic carbocycles. The molecule has 5 heteroatoms. The van der Waals surface area contributed by atoms with Crippen molar-refractivity contribution in [2.45, 2.75) is 45.4 Å². The van der Waals surface area contributed by atoms with Gasteiger partial charge in [-0.05, 0) is 40.8 Å². The van der Waals surface area contributed by atoms with E-state index in [1.165, 1.54) is 11.1 Å². The topological polar surface area (TPSA) is 68.2 Å². The van der Waals surface area contributed by atoms with Gasteiger partial charge in [0.2, 0.25) is 0 Å². The number of aliphatic hydroxyl groups excluding tert-OH is 1. The first-order valence-corrected chi connectivity index (χ1v) is 9.92. The number of nitrogen functional groups attached to an aromatic ring is 1. The molecule has 0 aliphatic rings. The number of imidazole rings is 1. The summed E-state index contributed by atoms with van der Waals surface area (Å²) in [4.78, 5) is 0. The number of hydrogen-bond donors (Lipinski definition) is 2. The summed E-state index contributed by atoms with van der Waals surface area (Å²) < 4.78 is 9.39. The number of rotatable bonds is 5. The number of benzene rings is 2. The minimum Gasteiger partial charge on any atom is -0.466 e. The average molecular weight is 391 g/mol. The summed E-state index contributed by atoms with van der Waals surface area (Å²) in [7, 11) is 0. The van der Waals surface area contributed by atoms with Crippen molar-refractivity contribution < 1.29 is 14.1 Å². The lowest BCUT2D eigenvalue weighted by Gasteiger charge is -2.19. The summed E-state index contributed by atoms with van der Waals surface area (Å²) in [6.45, 7) is 7.64. The number of aromatic nitrogens is 2. The van der Waals surface area contributed by atoms with Gasteiger partial charge in [-0.3, -0.25) is 5.73 Å². The highest BCUT2D eigenvalue weighted by molar-refractivity contribution is 5.74. The second-order valence-electron chi connectivity index (χ2n) is 8.52. The maximum Gasteiger partial charge on any atom is 0.356 e. The summed E-state index contributed by atoms with van der Waals surface area (Å²) in [5.74, 6) is 1.14. The molecule has 0 radical (unpaired) electrons. The minimum absolute atomic E-state index is 0.128. The van der Waals surface area contributed by atoms with Crippen LogP contribution in [0.5, 0.6) is 0 Å². The Morgan fingerprint density at radius 3 is 2.41 bits per heavy atom. The van der Waals surface area contributed by atoms with Crippen LogP contribution >= 0.6 is 0 Å². The Balaban J connectivity index is 1.69. The summed E-state index contributed by atoms with van der Waals surface area (Å²) in [5.41, 5.74) is 11.2. The Labute approximate surface area is 171 Å². The minimum atomic E-state index is -0.761. The standard InChI is InChI=1S/C24H27N3O2/c1-24(2,3)18-12-10-17(11-13-18)15-26-19-7-4-5-8-20(19)27(23(26)25)16-21(28)22-9-6-14-29-22/h4-14,21,25,28H,15-16H2,1-3H3/p+1/t21-/m0/s1. The number of fused-ring (bicyclic) bond motifs is 1. The highest BCUT2D eigenvalue weighted by Gasteiger charge is 2.24. The van der Waals surface area contributed by atoms with Crippen molar-refractivity contribution in [1.29, 1.82) is 0 Å². The molecule has 0 amide bonds.